The highest BCUT2D eigenvalue weighted by atomic mass is 32.2. The van der Waals surface area contributed by atoms with Crippen LogP contribution in [0.4, 0.5) is 0 Å². The van der Waals surface area contributed by atoms with Crippen LogP contribution in [0.2, 0.25) is 0 Å². The van der Waals surface area contributed by atoms with Crippen molar-refractivity contribution in [1.29, 1.82) is 0 Å². The summed E-state index contributed by atoms with van der Waals surface area (Å²) in [5.74, 6) is -0.283. The molecule has 5 heteroatoms. The Kier molecular flexibility index (Phi) is 5.28. The van der Waals surface area contributed by atoms with Gasteiger partial charge in [-0.3, -0.25) is 0 Å². The second-order valence-corrected chi connectivity index (χ2v) is 3.73. The number of carboxylic acids is 1. The van der Waals surface area contributed by atoms with Gasteiger partial charge in [-0.1, -0.05) is 0 Å². The maximum absolute atomic E-state index is 10.4. The molecule has 0 amide bonds. The molecule has 0 fully saturated rings. The van der Waals surface area contributed by atoms with Crippen LogP contribution in [0.5, 0.6) is 0 Å². The second-order valence-electron chi connectivity index (χ2n) is 2.75. The van der Waals surface area contributed by atoms with Gasteiger partial charge < -0.3 is 15.5 Å². The SMILES string of the molecule is CSCCNCC(C)(O)C(=O)O. The average Bonchev–Trinajstić information content (AvgIpc) is 1.98. The molecule has 0 aromatic carbocycles. The van der Waals surface area contributed by atoms with Crippen molar-refractivity contribution in [3.05, 3.63) is 0 Å². The molecular weight excluding hydrogens is 178 g/mol. The van der Waals surface area contributed by atoms with E-state index in [1.54, 1.807) is 11.8 Å². The summed E-state index contributed by atoms with van der Waals surface area (Å²) in [6.07, 6.45) is 1.97. The Labute approximate surface area is 76.4 Å². The van der Waals surface area contributed by atoms with E-state index < -0.39 is 11.6 Å². The molecule has 3 N–H and O–H groups in total. The van der Waals surface area contributed by atoms with E-state index in [9.17, 15) is 9.90 Å². The third-order valence-electron chi connectivity index (χ3n) is 1.41. The molecule has 0 bridgehead atoms. The fourth-order valence-electron chi connectivity index (χ4n) is 0.582. The summed E-state index contributed by atoms with van der Waals surface area (Å²) in [5, 5.41) is 20.6. The van der Waals surface area contributed by atoms with Crippen LogP contribution in [-0.2, 0) is 4.79 Å². The predicted octanol–water partition coefficient (Wildman–Crippen LogP) is -0.225. The summed E-state index contributed by atoms with van der Waals surface area (Å²) in [4.78, 5) is 10.4. The zero-order valence-electron chi connectivity index (χ0n) is 7.33. The van der Waals surface area contributed by atoms with Gasteiger partial charge in [0.1, 0.15) is 0 Å². The number of aliphatic hydroxyl groups is 1. The number of thioether (sulfide) groups is 1. The fourth-order valence-corrected chi connectivity index (χ4v) is 0.930. The molecule has 1 unspecified atom stereocenters. The monoisotopic (exact) mass is 193 g/mol. The van der Waals surface area contributed by atoms with E-state index in [1.807, 2.05) is 6.26 Å². The Morgan fingerprint density at radius 1 is 1.67 bits per heavy atom. The summed E-state index contributed by atoms with van der Waals surface area (Å²) < 4.78 is 0. The van der Waals surface area contributed by atoms with E-state index in [1.165, 1.54) is 6.92 Å². The number of carboxylic acid groups (broad SMARTS) is 1. The van der Waals surface area contributed by atoms with E-state index in [4.69, 9.17) is 5.11 Å². The van der Waals surface area contributed by atoms with Gasteiger partial charge in [0.15, 0.2) is 5.60 Å². The number of aliphatic carboxylic acids is 1. The molecule has 0 aliphatic rings. The largest absolute Gasteiger partial charge is 0.479 e. The van der Waals surface area contributed by atoms with Crippen molar-refractivity contribution in [3.8, 4) is 0 Å². The molecule has 0 heterocycles. The molecule has 0 aliphatic heterocycles. The predicted molar refractivity (Wildman–Crippen MR) is 49.5 cm³/mol. The van der Waals surface area contributed by atoms with Gasteiger partial charge in [-0.2, -0.15) is 11.8 Å². The van der Waals surface area contributed by atoms with Crippen LogP contribution in [0.15, 0.2) is 0 Å². The molecule has 0 aromatic heterocycles. The first kappa shape index (κ1) is 11.7. The van der Waals surface area contributed by atoms with Crippen molar-refractivity contribution < 1.29 is 15.0 Å². The molecule has 12 heavy (non-hydrogen) atoms. The zero-order valence-corrected chi connectivity index (χ0v) is 8.15. The lowest BCUT2D eigenvalue weighted by atomic mass is 10.1. The van der Waals surface area contributed by atoms with E-state index in [0.29, 0.717) is 6.54 Å². The molecule has 0 aromatic rings. The standard InChI is InChI=1S/C7H15NO3S/c1-7(11,6(9)10)5-8-3-4-12-2/h8,11H,3-5H2,1-2H3,(H,9,10). The number of rotatable bonds is 6. The van der Waals surface area contributed by atoms with Crippen LogP contribution in [0, 0.1) is 0 Å². The van der Waals surface area contributed by atoms with Gasteiger partial charge in [-0.05, 0) is 13.2 Å². The Morgan fingerprint density at radius 2 is 2.25 bits per heavy atom. The molecule has 0 saturated carbocycles. The van der Waals surface area contributed by atoms with Crippen molar-refractivity contribution in [2.24, 2.45) is 0 Å². The Balaban J connectivity index is 3.54. The fraction of sp³-hybridized carbons (Fsp3) is 0.857. The first-order valence-electron chi connectivity index (χ1n) is 3.66. The lowest BCUT2D eigenvalue weighted by Crippen LogP contribution is -2.45. The minimum Gasteiger partial charge on any atom is -0.479 e. The first-order chi connectivity index (χ1) is 5.50. The van der Waals surface area contributed by atoms with Gasteiger partial charge in [0.05, 0.1) is 0 Å². The Hall–Kier alpha value is -0.260. The summed E-state index contributed by atoms with van der Waals surface area (Å²) >= 11 is 1.67. The topological polar surface area (TPSA) is 69.6 Å². The smallest absolute Gasteiger partial charge is 0.336 e. The van der Waals surface area contributed by atoms with E-state index in [2.05, 4.69) is 5.32 Å². The van der Waals surface area contributed by atoms with Crippen LogP contribution < -0.4 is 5.32 Å². The molecule has 0 saturated heterocycles. The molecule has 0 rings (SSSR count). The van der Waals surface area contributed by atoms with Crippen LogP contribution in [0.3, 0.4) is 0 Å². The van der Waals surface area contributed by atoms with Crippen LogP contribution in [0.25, 0.3) is 0 Å². The quantitative estimate of drug-likeness (QED) is 0.509. The molecule has 4 nitrogen and oxygen atoms in total. The molecule has 0 radical (unpaired) electrons. The van der Waals surface area contributed by atoms with Crippen LogP contribution >= 0.6 is 11.8 Å². The van der Waals surface area contributed by atoms with Gasteiger partial charge in [-0.15, -0.1) is 0 Å². The minimum atomic E-state index is -1.65. The highest BCUT2D eigenvalue weighted by Crippen LogP contribution is 2.00. The lowest BCUT2D eigenvalue weighted by Gasteiger charge is -2.17. The summed E-state index contributed by atoms with van der Waals surface area (Å²) in [6.45, 7) is 2.08. The second kappa shape index (κ2) is 5.40. The van der Waals surface area contributed by atoms with E-state index in [0.717, 1.165) is 5.75 Å². The molecular formula is C7H15NO3S. The molecule has 72 valence electrons. The summed E-state index contributed by atoms with van der Waals surface area (Å²) in [7, 11) is 0. The first-order valence-corrected chi connectivity index (χ1v) is 5.05. The van der Waals surface area contributed by atoms with Gasteiger partial charge in [0.2, 0.25) is 0 Å². The number of hydrogen-bond acceptors (Lipinski definition) is 4. The Morgan fingerprint density at radius 3 is 2.67 bits per heavy atom. The lowest BCUT2D eigenvalue weighted by molar-refractivity contribution is -0.156. The van der Waals surface area contributed by atoms with Gasteiger partial charge in [0, 0.05) is 18.8 Å². The molecule has 0 aliphatic carbocycles. The highest BCUT2D eigenvalue weighted by molar-refractivity contribution is 7.98. The third kappa shape index (κ3) is 4.58. The van der Waals surface area contributed by atoms with E-state index in [-0.39, 0.29) is 6.54 Å². The van der Waals surface area contributed by atoms with Crippen molar-refractivity contribution in [2.45, 2.75) is 12.5 Å². The average molecular weight is 193 g/mol. The van der Waals surface area contributed by atoms with Crippen molar-refractivity contribution in [2.75, 3.05) is 25.1 Å². The summed E-state index contributed by atoms with van der Waals surface area (Å²) in [5.41, 5.74) is -1.65. The molecule has 0 spiro atoms. The van der Waals surface area contributed by atoms with Gasteiger partial charge in [-0.25, -0.2) is 4.79 Å². The maximum Gasteiger partial charge on any atom is 0.336 e. The number of hydrogen-bond donors (Lipinski definition) is 3. The zero-order chi connectivity index (χ0) is 9.61. The minimum absolute atomic E-state index is 0.0862. The van der Waals surface area contributed by atoms with Crippen molar-refractivity contribution in [3.63, 3.8) is 0 Å². The van der Waals surface area contributed by atoms with Gasteiger partial charge in [0.25, 0.3) is 0 Å². The van der Waals surface area contributed by atoms with Gasteiger partial charge >= 0.3 is 5.97 Å². The highest BCUT2D eigenvalue weighted by Gasteiger charge is 2.28. The van der Waals surface area contributed by atoms with Crippen molar-refractivity contribution >= 4 is 17.7 Å². The molecule has 1 atom stereocenters. The van der Waals surface area contributed by atoms with Crippen molar-refractivity contribution in [1.82, 2.24) is 5.32 Å². The normalized spacial score (nSPS) is 15.6. The maximum atomic E-state index is 10.4. The number of nitrogens with one attached hydrogen (secondary N) is 1. The third-order valence-corrected chi connectivity index (χ3v) is 2.03. The van der Waals surface area contributed by atoms with E-state index >= 15 is 0 Å². The summed E-state index contributed by atoms with van der Waals surface area (Å²) in [6, 6.07) is 0. The van der Waals surface area contributed by atoms with Crippen LogP contribution in [0.1, 0.15) is 6.92 Å². The Bertz CT molecular complexity index is 150. The number of carbonyl (C=O) groups is 1. The van der Waals surface area contributed by atoms with Crippen LogP contribution in [-0.4, -0.2) is 46.9 Å².